The van der Waals surface area contributed by atoms with E-state index in [9.17, 15) is 4.79 Å². The molecule has 5 heteroatoms. The molecule has 1 saturated carbocycles. The number of rotatable bonds is 2. The third kappa shape index (κ3) is 1.68. The molecule has 5 aliphatic rings. The highest BCUT2D eigenvalue weighted by Crippen LogP contribution is 2.69. The third-order valence-corrected chi connectivity index (χ3v) is 7.84. The van der Waals surface area contributed by atoms with Crippen LogP contribution < -0.4 is 9.64 Å². The molecule has 1 aromatic carbocycles. The summed E-state index contributed by atoms with van der Waals surface area (Å²) in [6.45, 7) is 5.75. The largest absolute Gasteiger partial charge is 0.497 e. The molecule has 27 heavy (non-hydrogen) atoms. The first-order chi connectivity index (χ1) is 13.0. The highest BCUT2D eigenvalue weighted by atomic mass is 16.5. The van der Waals surface area contributed by atoms with Crippen molar-refractivity contribution in [3.8, 4) is 5.75 Å². The van der Waals surface area contributed by atoms with Crippen molar-refractivity contribution in [3.05, 3.63) is 41.6 Å². The van der Waals surface area contributed by atoms with Crippen molar-refractivity contribution < 1.29 is 14.3 Å². The second kappa shape index (κ2) is 5.40. The molecule has 4 aliphatic heterocycles. The maximum absolute atomic E-state index is 13.2. The molecule has 5 nitrogen and oxygen atoms in total. The van der Waals surface area contributed by atoms with E-state index in [1.165, 1.54) is 18.4 Å². The van der Waals surface area contributed by atoms with Crippen molar-refractivity contribution in [1.82, 2.24) is 4.90 Å². The lowest BCUT2D eigenvalue weighted by atomic mass is 9.54. The fourth-order valence-electron chi connectivity index (χ4n) is 6.91. The van der Waals surface area contributed by atoms with Crippen LogP contribution in [0.25, 0.3) is 0 Å². The zero-order valence-electron chi connectivity index (χ0n) is 16.2. The molecule has 1 spiro atoms. The van der Waals surface area contributed by atoms with E-state index in [4.69, 9.17) is 9.47 Å². The number of methoxy groups -OCH3 is 2. The van der Waals surface area contributed by atoms with Crippen molar-refractivity contribution in [3.63, 3.8) is 0 Å². The van der Waals surface area contributed by atoms with Gasteiger partial charge in [-0.25, -0.2) is 0 Å². The summed E-state index contributed by atoms with van der Waals surface area (Å²) in [5.74, 6) is 0.655. The molecule has 0 radical (unpaired) electrons. The van der Waals surface area contributed by atoms with Gasteiger partial charge >= 0.3 is 5.97 Å². The first-order valence-electron chi connectivity index (χ1n) is 9.69. The Morgan fingerprint density at radius 2 is 2.15 bits per heavy atom. The minimum absolute atomic E-state index is 0.107. The fraction of sp³-hybridized carbons (Fsp3) is 0.545. The topological polar surface area (TPSA) is 42.0 Å². The van der Waals surface area contributed by atoms with Gasteiger partial charge in [-0.05, 0) is 48.6 Å². The zero-order valence-corrected chi connectivity index (χ0v) is 16.2. The van der Waals surface area contributed by atoms with E-state index in [0.29, 0.717) is 0 Å². The van der Waals surface area contributed by atoms with Crippen LogP contribution in [0.5, 0.6) is 5.75 Å². The van der Waals surface area contributed by atoms with E-state index in [1.54, 1.807) is 7.11 Å². The maximum atomic E-state index is 13.2. The minimum Gasteiger partial charge on any atom is -0.497 e. The summed E-state index contributed by atoms with van der Waals surface area (Å²) in [7, 11) is 5.40. The Kier molecular flexibility index (Phi) is 3.38. The van der Waals surface area contributed by atoms with E-state index in [0.717, 1.165) is 43.7 Å². The first kappa shape index (κ1) is 16.9. The highest BCUT2D eigenvalue weighted by Gasteiger charge is 2.75. The van der Waals surface area contributed by atoms with Gasteiger partial charge in [-0.3, -0.25) is 9.69 Å². The Bertz CT molecular complexity index is 890. The van der Waals surface area contributed by atoms with Gasteiger partial charge in [0.05, 0.1) is 20.1 Å². The normalized spacial score (nSPS) is 38.1. The first-order valence-corrected chi connectivity index (χ1v) is 9.69. The molecular formula is C22H26N2O3. The average molecular weight is 366 g/mol. The van der Waals surface area contributed by atoms with Gasteiger partial charge in [0.25, 0.3) is 0 Å². The molecule has 0 N–H and O–H groups in total. The summed E-state index contributed by atoms with van der Waals surface area (Å²) in [6.07, 6.45) is 2.95. The van der Waals surface area contributed by atoms with Crippen LogP contribution in [0.1, 0.15) is 24.8 Å². The lowest BCUT2D eigenvalue weighted by molar-refractivity contribution is -0.154. The molecule has 1 aromatic rings. The van der Waals surface area contributed by atoms with E-state index < -0.39 is 0 Å². The number of carbonyl (C=O) groups is 1. The highest BCUT2D eigenvalue weighted by molar-refractivity contribution is 5.82. The summed E-state index contributed by atoms with van der Waals surface area (Å²) in [4.78, 5) is 18.2. The number of hydrogen-bond donors (Lipinski definition) is 0. The number of esters is 1. The predicted molar refractivity (Wildman–Crippen MR) is 103 cm³/mol. The van der Waals surface area contributed by atoms with Crippen molar-refractivity contribution in [2.45, 2.75) is 30.3 Å². The molecule has 3 unspecified atom stereocenters. The Labute approximate surface area is 160 Å². The SMILES string of the molecule is C=C=C1CN2CC[C@@]34c5cc(OC)ccc5N(C)C23CCC1[C@H]4C(=O)OC. The average Bonchev–Trinajstić information content (AvgIpc) is 3.03. The van der Waals surface area contributed by atoms with Crippen LogP contribution in [0.4, 0.5) is 5.69 Å². The number of nitrogens with zero attached hydrogens (tertiary/aromatic N) is 2. The Hall–Kier alpha value is -2.23. The van der Waals surface area contributed by atoms with Gasteiger partial charge in [0.1, 0.15) is 11.4 Å². The molecule has 3 saturated heterocycles. The van der Waals surface area contributed by atoms with E-state index in [1.807, 2.05) is 6.07 Å². The van der Waals surface area contributed by atoms with Gasteiger partial charge in [-0.1, -0.05) is 6.58 Å². The summed E-state index contributed by atoms with van der Waals surface area (Å²) < 4.78 is 10.9. The van der Waals surface area contributed by atoms with E-state index >= 15 is 0 Å². The number of benzene rings is 1. The van der Waals surface area contributed by atoms with Gasteiger partial charge in [-0.2, -0.15) is 0 Å². The van der Waals surface area contributed by atoms with Gasteiger partial charge in [0.15, 0.2) is 0 Å². The van der Waals surface area contributed by atoms with Crippen LogP contribution in [0, 0.1) is 11.8 Å². The summed E-state index contributed by atoms with van der Waals surface area (Å²) >= 11 is 0. The van der Waals surface area contributed by atoms with Crippen molar-refractivity contribution in [1.29, 1.82) is 0 Å². The Morgan fingerprint density at radius 1 is 1.33 bits per heavy atom. The van der Waals surface area contributed by atoms with Crippen LogP contribution in [0.15, 0.2) is 36.1 Å². The molecule has 4 heterocycles. The molecule has 6 rings (SSSR count). The van der Waals surface area contributed by atoms with Crippen LogP contribution in [-0.4, -0.2) is 50.9 Å². The van der Waals surface area contributed by atoms with Crippen molar-refractivity contribution in [2.24, 2.45) is 11.8 Å². The maximum Gasteiger partial charge on any atom is 0.310 e. The van der Waals surface area contributed by atoms with Crippen LogP contribution in [-0.2, 0) is 14.9 Å². The van der Waals surface area contributed by atoms with Gasteiger partial charge < -0.3 is 14.4 Å². The summed E-state index contributed by atoms with van der Waals surface area (Å²) in [5, 5.41) is 0. The molecule has 0 amide bonds. The Morgan fingerprint density at radius 3 is 2.85 bits per heavy atom. The number of anilines is 1. The molecule has 5 atom stereocenters. The summed E-state index contributed by atoms with van der Waals surface area (Å²) in [5.41, 5.74) is 6.30. The second-order valence-corrected chi connectivity index (χ2v) is 8.25. The lowest BCUT2D eigenvalue weighted by Gasteiger charge is -2.54. The van der Waals surface area contributed by atoms with Gasteiger partial charge in [0.2, 0.25) is 0 Å². The third-order valence-electron chi connectivity index (χ3n) is 7.84. The predicted octanol–water partition coefficient (Wildman–Crippen LogP) is 2.71. The molecule has 4 bridgehead atoms. The number of ether oxygens (including phenoxy) is 2. The van der Waals surface area contributed by atoms with Gasteiger partial charge in [-0.15, -0.1) is 5.73 Å². The number of hydrogen-bond acceptors (Lipinski definition) is 5. The minimum atomic E-state index is -0.291. The molecule has 4 fully saturated rings. The molecular weight excluding hydrogens is 340 g/mol. The van der Waals surface area contributed by atoms with E-state index in [-0.39, 0.29) is 28.9 Å². The van der Waals surface area contributed by atoms with Gasteiger partial charge in [0, 0.05) is 37.2 Å². The molecule has 0 aromatic heterocycles. The molecule has 1 aliphatic carbocycles. The number of likely N-dealkylation sites (N-methyl/N-ethyl adjacent to an activating group) is 1. The van der Waals surface area contributed by atoms with Crippen LogP contribution in [0.2, 0.25) is 0 Å². The number of fused-ring (bicyclic) bond motifs is 3. The van der Waals surface area contributed by atoms with Crippen LogP contribution >= 0.6 is 0 Å². The standard InChI is InChI=1S/C22H26N2O3/c1-5-14-13-24-11-10-21-17-12-15(26-3)6-7-18(17)23(2)22(21,24)9-8-16(14)19(21)20(25)27-4/h6-7,12,16,19H,1,8-11,13H2,2-4H3/t16?,19-,21-,22?/m0/s1. The zero-order chi connectivity index (χ0) is 19.0. The monoisotopic (exact) mass is 366 g/mol. The Balaban J connectivity index is 1.85. The quantitative estimate of drug-likeness (QED) is 0.595. The second-order valence-electron chi connectivity index (χ2n) is 8.25. The summed E-state index contributed by atoms with van der Waals surface area (Å²) in [6, 6.07) is 6.32. The van der Waals surface area contributed by atoms with Crippen molar-refractivity contribution >= 4 is 11.7 Å². The fourth-order valence-corrected chi connectivity index (χ4v) is 6.91. The van der Waals surface area contributed by atoms with Crippen LogP contribution in [0.3, 0.4) is 0 Å². The van der Waals surface area contributed by atoms with Crippen molar-refractivity contribution in [2.75, 3.05) is 39.3 Å². The molecule has 142 valence electrons. The lowest BCUT2D eigenvalue weighted by Crippen LogP contribution is -2.66. The number of carbonyl (C=O) groups excluding carboxylic acids is 1. The van der Waals surface area contributed by atoms with E-state index in [2.05, 4.69) is 41.3 Å². The smallest absolute Gasteiger partial charge is 0.310 e.